The summed E-state index contributed by atoms with van der Waals surface area (Å²) in [7, 11) is 1.76. The summed E-state index contributed by atoms with van der Waals surface area (Å²) >= 11 is 0. The van der Waals surface area contributed by atoms with Crippen LogP contribution in [-0.2, 0) is 13.6 Å². The van der Waals surface area contributed by atoms with Gasteiger partial charge >= 0.3 is 0 Å². The fourth-order valence-corrected chi connectivity index (χ4v) is 2.49. The molecule has 0 amide bonds. The molecule has 0 unspecified atom stereocenters. The number of nitrogens with zero attached hydrogens (tertiary/aromatic N) is 4. The Kier molecular flexibility index (Phi) is 3.63. The minimum absolute atomic E-state index is 0.0181. The Morgan fingerprint density at radius 2 is 2.00 bits per heavy atom. The molecule has 5 nitrogen and oxygen atoms in total. The molecule has 0 aromatic carbocycles. The number of aromatic nitrogens is 4. The smallest absolute Gasteiger partial charge is 0.253 e. The van der Waals surface area contributed by atoms with Crippen molar-refractivity contribution in [1.82, 2.24) is 19.1 Å². The van der Waals surface area contributed by atoms with Crippen molar-refractivity contribution in [3.63, 3.8) is 0 Å². The molecule has 3 aromatic rings. The summed E-state index contributed by atoms with van der Waals surface area (Å²) in [4.78, 5) is 20.6. The van der Waals surface area contributed by atoms with Crippen LogP contribution in [0, 0.1) is 13.8 Å². The number of rotatable bonds is 3. The predicted molar refractivity (Wildman–Crippen MR) is 85.7 cm³/mol. The van der Waals surface area contributed by atoms with Gasteiger partial charge in [-0.15, -0.1) is 0 Å². The van der Waals surface area contributed by atoms with Crippen LogP contribution in [0.4, 0.5) is 0 Å². The molecule has 0 saturated carbocycles. The molecule has 0 aliphatic heterocycles. The van der Waals surface area contributed by atoms with Crippen LogP contribution in [0.15, 0.2) is 47.8 Å². The molecule has 0 N–H and O–H groups in total. The molecule has 0 aliphatic carbocycles. The Morgan fingerprint density at radius 1 is 1.18 bits per heavy atom. The minimum atomic E-state index is 0.0181. The summed E-state index contributed by atoms with van der Waals surface area (Å²) in [6, 6.07) is 5.95. The second kappa shape index (κ2) is 5.60. The van der Waals surface area contributed by atoms with Gasteiger partial charge in [-0.2, -0.15) is 0 Å². The van der Waals surface area contributed by atoms with E-state index in [2.05, 4.69) is 20.6 Å². The Labute approximate surface area is 128 Å². The van der Waals surface area contributed by atoms with Gasteiger partial charge in [-0.25, -0.2) is 4.98 Å². The number of hydrogen-bond donors (Lipinski definition) is 0. The maximum Gasteiger partial charge on any atom is 0.253 e. The van der Waals surface area contributed by atoms with Crippen LogP contribution in [0.2, 0.25) is 0 Å². The van der Waals surface area contributed by atoms with E-state index >= 15 is 0 Å². The average molecular weight is 294 g/mol. The summed E-state index contributed by atoms with van der Waals surface area (Å²) in [5, 5.41) is 0. The Morgan fingerprint density at radius 3 is 2.68 bits per heavy atom. The third-order valence-corrected chi connectivity index (χ3v) is 3.66. The SMILES string of the molecule is Cc1ccc(Cn2ccnc2-c2cc(C)c(=O)n(C)c2)cn1. The molecule has 0 saturated heterocycles. The summed E-state index contributed by atoms with van der Waals surface area (Å²) in [5.41, 5.74) is 3.79. The lowest BCUT2D eigenvalue weighted by Gasteiger charge is -2.10. The van der Waals surface area contributed by atoms with Crippen LogP contribution in [0.5, 0.6) is 0 Å². The average Bonchev–Trinajstić information content (AvgIpc) is 2.95. The van der Waals surface area contributed by atoms with Crippen LogP contribution in [0.3, 0.4) is 0 Å². The van der Waals surface area contributed by atoms with Gasteiger partial charge in [0.15, 0.2) is 0 Å². The fraction of sp³-hybridized carbons (Fsp3) is 0.235. The van der Waals surface area contributed by atoms with Crippen molar-refractivity contribution < 1.29 is 0 Å². The number of pyridine rings is 2. The van der Waals surface area contributed by atoms with E-state index in [-0.39, 0.29) is 5.56 Å². The van der Waals surface area contributed by atoms with E-state index in [0.29, 0.717) is 12.1 Å². The van der Waals surface area contributed by atoms with Gasteiger partial charge in [0.1, 0.15) is 5.82 Å². The molecule has 0 fully saturated rings. The highest BCUT2D eigenvalue weighted by Crippen LogP contribution is 2.18. The maximum absolute atomic E-state index is 11.8. The highest BCUT2D eigenvalue weighted by molar-refractivity contribution is 5.55. The van der Waals surface area contributed by atoms with Gasteiger partial charge in [-0.3, -0.25) is 9.78 Å². The third kappa shape index (κ3) is 2.70. The zero-order valence-corrected chi connectivity index (χ0v) is 12.9. The second-order valence-corrected chi connectivity index (χ2v) is 5.51. The number of hydrogen-bond acceptors (Lipinski definition) is 3. The first kappa shape index (κ1) is 14.3. The highest BCUT2D eigenvalue weighted by atomic mass is 16.1. The largest absolute Gasteiger partial charge is 0.326 e. The predicted octanol–water partition coefficient (Wildman–Crippen LogP) is 2.31. The monoisotopic (exact) mass is 294 g/mol. The van der Waals surface area contributed by atoms with Gasteiger partial charge in [0.2, 0.25) is 0 Å². The van der Waals surface area contributed by atoms with Gasteiger partial charge in [0.05, 0.1) is 6.54 Å². The first-order valence-electron chi connectivity index (χ1n) is 7.15. The second-order valence-electron chi connectivity index (χ2n) is 5.51. The molecule has 22 heavy (non-hydrogen) atoms. The Hall–Kier alpha value is -2.69. The van der Waals surface area contributed by atoms with Crippen molar-refractivity contribution in [2.45, 2.75) is 20.4 Å². The summed E-state index contributed by atoms with van der Waals surface area (Å²) in [6.45, 7) is 4.49. The lowest BCUT2D eigenvalue weighted by molar-refractivity contribution is 0.794. The zero-order chi connectivity index (χ0) is 15.7. The van der Waals surface area contributed by atoms with Crippen molar-refractivity contribution in [1.29, 1.82) is 0 Å². The van der Waals surface area contributed by atoms with Crippen molar-refractivity contribution in [2.24, 2.45) is 7.05 Å². The van der Waals surface area contributed by atoms with Crippen molar-refractivity contribution in [2.75, 3.05) is 0 Å². The standard InChI is InChI=1S/C17H18N4O/c1-12-8-15(11-20(3)17(12)22)16-18-6-7-21(16)10-14-5-4-13(2)19-9-14/h4-9,11H,10H2,1-3H3. The van der Waals surface area contributed by atoms with E-state index in [4.69, 9.17) is 0 Å². The van der Waals surface area contributed by atoms with Crippen molar-refractivity contribution in [3.05, 3.63) is 70.2 Å². The van der Waals surface area contributed by atoms with Crippen molar-refractivity contribution >= 4 is 0 Å². The van der Waals surface area contributed by atoms with Crippen molar-refractivity contribution in [3.8, 4) is 11.4 Å². The number of imidazole rings is 1. The quantitative estimate of drug-likeness (QED) is 0.745. The molecule has 0 spiro atoms. The van der Waals surface area contributed by atoms with Gasteiger partial charge in [0.25, 0.3) is 5.56 Å². The number of aryl methyl sites for hydroxylation is 3. The molecule has 0 radical (unpaired) electrons. The first-order valence-corrected chi connectivity index (χ1v) is 7.15. The molecule has 0 bridgehead atoms. The summed E-state index contributed by atoms with van der Waals surface area (Å²) in [5.74, 6) is 0.847. The van der Waals surface area contributed by atoms with Crippen LogP contribution in [0.25, 0.3) is 11.4 Å². The van der Waals surface area contributed by atoms with E-state index < -0.39 is 0 Å². The van der Waals surface area contributed by atoms with Crippen LogP contribution >= 0.6 is 0 Å². The molecular weight excluding hydrogens is 276 g/mol. The highest BCUT2D eigenvalue weighted by Gasteiger charge is 2.09. The Bertz CT molecular complexity index is 833. The molecule has 3 rings (SSSR count). The van der Waals surface area contributed by atoms with Gasteiger partial charge < -0.3 is 9.13 Å². The lowest BCUT2D eigenvalue weighted by Crippen LogP contribution is -2.18. The molecule has 3 aromatic heterocycles. The van der Waals surface area contributed by atoms with E-state index in [1.54, 1.807) is 17.8 Å². The zero-order valence-electron chi connectivity index (χ0n) is 12.9. The fourth-order valence-electron chi connectivity index (χ4n) is 2.49. The molecular formula is C17H18N4O. The molecule has 3 heterocycles. The van der Waals surface area contributed by atoms with E-state index in [1.807, 2.05) is 44.6 Å². The minimum Gasteiger partial charge on any atom is -0.326 e. The van der Waals surface area contributed by atoms with E-state index in [1.165, 1.54) is 0 Å². The van der Waals surface area contributed by atoms with Gasteiger partial charge in [0, 0.05) is 48.7 Å². The molecule has 0 atom stereocenters. The van der Waals surface area contributed by atoms with Gasteiger partial charge in [-0.1, -0.05) is 6.07 Å². The topological polar surface area (TPSA) is 52.7 Å². The summed E-state index contributed by atoms with van der Waals surface area (Å²) in [6.07, 6.45) is 7.42. The van der Waals surface area contributed by atoms with Gasteiger partial charge in [-0.05, 0) is 31.5 Å². The summed E-state index contributed by atoms with van der Waals surface area (Å²) < 4.78 is 3.66. The lowest BCUT2D eigenvalue weighted by atomic mass is 10.2. The van der Waals surface area contributed by atoms with Crippen LogP contribution in [0.1, 0.15) is 16.8 Å². The normalized spacial score (nSPS) is 10.9. The van der Waals surface area contributed by atoms with Crippen LogP contribution < -0.4 is 5.56 Å². The maximum atomic E-state index is 11.8. The Balaban J connectivity index is 1.98. The van der Waals surface area contributed by atoms with Crippen LogP contribution in [-0.4, -0.2) is 19.1 Å². The molecule has 112 valence electrons. The first-order chi connectivity index (χ1) is 10.5. The molecule has 0 aliphatic rings. The van der Waals surface area contributed by atoms with E-state index in [0.717, 1.165) is 22.6 Å². The molecule has 5 heteroatoms. The third-order valence-electron chi connectivity index (χ3n) is 3.66. The van der Waals surface area contributed by atoms with E-state index in [9.17, 15) is 4.79 Å².